The largest absolute Gasteiger partial charge is 0.329 e. The molecule has 1 aromatic heterocycles. The van der Waals surface area contributed by atoms with Gasteiger partial charge in [-0.1, -0.05) is 0 Å². The van der Waals surface area contributed by atoms with Crippen molar-refractivity contribution < 1.29 is 4.79 Å². The Balaban J connectivity index is 2.08. The number of nitrogens with two attached hydrogens (primary N) is 1. The number of amides is 2. The number of hydrogen-bond acceptors (Lipinski definition) is 3. The van der Waals surface area contributed by atoms with E-state index in [0.717, 1.165) is 17.8 Å². The lowest BCUT2D eigenvalue weighted by molar-refractivity contribution is 0.213. The summed E-state index contributed by atoms with van der Waals surface area (Å²) in [6, 6.07) is 0.112. The Bertz CT molecular complexity index is 398. The molecule has 0 aromatic carbocycles. The second kappa shape index (κ2) is 2.48. The summed E-state index contributed by atoms with van der Waals surface area (Å²) in [5.74, 6) is 0. The smallest absolute Gasteiger partial charge is 0.318 e. The highest BCUT2D eigenvalue weighted by Gasteiger charge is 2.37. The predicted molar refractivity (Wildman–Crippen MR) is 48.1 cm³/mol. The molecule has 1 saturated heterocycles. The van der Waals surface area contributed by atoms with Crippen LogP contribution in [0.3, 0.4) is 0 Å². The maximum Gasteiger partial charge on any atom is 0.318 e. The molecule has 0 aliphatic carbocycles. The van der Waals surface area contributed by atoms with Crippen LogP contribution < -0.4 is 11.1 Å². The summed E-state index contributed by atoms with van der Waals surface area (Å²) < 4.78 is 1.74. The van der Waals surface area contributed by atoms with Crippen molar-refractivity contribution in [1.29, 1.82) is 0 Å². The van der Waals surface area contributed by atoms with Gasteiger partial charge in [0.05, 0.1) is 31.1 Å². The van der Waals surface area contributed by atoms with Crippen LogP contribution in [0.4, 0.5) is 4.79 Å². The highest BCUT2D eigenvalue weighted by Crippen LogP contribution is 2.30. The van der Waals surface area contributed by atoms with Crippen LogP contribution in [0.5, 0.6) is 0 Å². The van der Waals surface area contributed by atoms with Crippen molar-refractivity contribution in [3.63, 3.8) is 0 Å². The first-order valence-corrected chi connectivity index (χ1v) is 4.59. The molecule has 3 N–H and O–H groups in total. The zero-order chi connectivity index (χ0) is 9.71. The summed E-state index contributed by atoms with van der Waals surface area (Å²) in [5, 5.41) is 7.08. The monoisotopic (exact) mass is 193 g/mol. The molecule has 6 heteroatoms. The van der Waals surface area contributed by atoms with E-state index in [2.05, 4.69) is 10.4 Å². The minimum atomic E-state index is 0.00905. The number of carbonyl (C=O) groups excluding carboxylic acids is 1. The number of fused-ring (bicyclic) bond motifs is 4. The molecule has 1 fully saturated rings. The molecular formula is C8H11N5O. The van der Waals surface area contributed by atoms with Gasteiger partial charge in [-0.05, 0) is 0 Å². The van der Waals surface area contributed by atoms with Crippen molar-refractivity contribution in [3.05, 3.63) is 17.5 Å². The number of aromatic nitrogens is 2. The average molecular weight is 193 g/mol. The normalized spacial score (nSPS) is 23.6. The maximum absolute atomic E-state index is 11.4. The van der Waals surface area contributed by atoms with E-state index in [1.165, 1.54) is 0 Å². The lowest BCUT2D eigenvalue weighted by atomic mass is 10.1. The summed E-state index contributed by atoms with van der Waals surface area (Å²) >= 11 is 0. The van der Waals surface area contributed by atoms with E-state index < -0.39 is 0 Å². The zero-order valence-electron chi connectivity index (χ0n) is 7.60. The van der Waals surface area contributed by atoms with Crippen LogP contribution in [-0.2, 0) is 13.2 Å². The molecule has 2 bridgehead atoms. The fourth-order valence-electron chi connectivity index (χ4n) is 2.13. The second-order valence-electron chi connectivity index (χ2n) is 3.61. The second-order valence-corrected chi connectivity index (χ2v) is 3.61. The maximum atomic E-state index is 11.4. The molecule has 0 spiro atoms. The lowest BCUT2D eigenvalue weighted by Crippen LogP contribution is -2.29. The molecule has 14 heavy (non-hydrogen) atoms. The van der Waals surface area contributed by atoms with Gasteiger partial charge in [0.25, 0.3) is 0 Å². The predicted octanol–water partition coefficient (Wildman–Crippen LogP) is -0.621. The van der Waals surface area contributed by atoms with Gasteiger partial charge in [-0.25, -0.2) is 4.79 Å². The molecule has 0 radical (unpaired) electrons. The van der Waals surface area contributed by atoms with Gasteiger partial charge >= 0.3 is 6.03 Å². The molecule has 2 amide bonds. The Morgan fingerprint density at radius 3 is 3.36 bits per heavy atom. The van der Waals surface area contributed by atoms with Crippen molar-refractivity contribution in [1.82, 2.24) is 20.0 Å². The van der Waals surface area contributed by atoms with E-state index >= 15 is 0 Å². The molecule has 3 rings (SSSR count). The molecule has 74 valence electrons. The Morgan fingerprint density at radius 2 is 2.57 bits per heavy atom. The Hall–Kier alpha value is -1.56. The van der Waals surface area contributed by atoms with Gasteiger partial charge in [0.15, 0.2) is 0 Å². The van der Waals surface area contributed by atoms with Crippen molar-refractivity contribution in [2.75, 3.05) is 6.54 Å². The van der Waals surface area contributed by atoms with Crippen LogP contribution in [0, 0.1) is 0 Å². The third-order valence-corrected chi connectivity index (χ3v) is 2.86. The van der Waals surface area contributed by atoms with Gasteiger partial charge in [0.2, 0.25) is 0 Å². The van der Waals surface area contributed by atoms with Crippen LogP contribution in [0.2, 0.25) is 0 Å². The first kappa shape index (κ1) is 7.81. The van der Waals surface area contributed by atoms with Gasteiger partial charge < -0.3 is 16.0 Å². The third-order valence-electron chi connectivity index (χ3n) is 2.86. The molecule has 1 atom stereocenters. The standard InChI is InChI=1S/C8H11N5O/c9-4-13-7-3-12-2-6(11-8(12)14)5(7)1-10-13/h1,6H,2-4,9H2,(H,11,14). The van der Waals surface area contributed by atoms with Gasteiger partial charge in [-0.3, -0.25) is 4.68 Å². The summed E-state index contributed by atoms with van der Waals surface area (Å²) in [4.78, 5) is 13.2. The van der Waals surface area contributed by atoms with E-state index in [4.69, 9.17) is 5.73 Å². The molecular weight excluding hydrogens is 182 g/mol. The summed E-state index contributed by atoms with van der Waals surface area (Å²) in [6.07, 6.45) is 1.80. The number of nitrogens with zero attached hydrogens (tertiary/aromatic N) is 3. The van der Waals surface area contributed by atoms with Crippen molar-refractivity contribution in [2.45, 2.75) is 19.3 Å². The van der Waals surface area contributed by atoms with E-state index in [1.54, 1.807) is 15.8 Å². The van der Waals surface area contributed by atoms with E-state index in [9.17, 15) is 4.79 Å². The Labute approximate surface area is 80.7 Å². The van der Waals surface area contributed by atoms with E-state index in [1.807, 2.05) is 0 Å². The molecule has 6 nitrogen and oxygen atoms in total. The van der Waals surface area contributed by atoms with E-state index in [0.29, 0.717) is 13.2 Å². The fraction of sp³-hybridized carbons (Fsp3) is 0.500. The van der Waals surface area contributed by atoms with Crippen LogP contribution in [0.15, 0.2) is 6.20 Å². The number of carbonyl (C=O) groups is 1. The van der Waals surface area contributed by atoms with Gasteiger partial charge in [0.1, 0.15) is 0 Å². The molecule has 1 aromatic rings. The van der Waals surface area contributed by atoms with Crippen molar-refractivity contribution in [2.24, 2.45) is 5.73 Å². The quantitative estimate of drug-likeness (QED) is 0.624. The SMILES string of the molecule is NCn1ncc2c1CN1CC2NC1=O. The summed E-state index contributed by atoms with van der Waals surface area (Å²) in [7, 11) is 0. The van der Waals surface area contributed by atoms with Crippen molar-refractivity contribution >= 4 is 6.03 Å². The first-order valence-electron chi connectivity index (χ1n) is 4.59. The number of nitrogens with one attached hydrogen (secondary N) is 1. The highest BCUT2D eigenvalue weighted by atomic mass is 16.2. The Kier molecular flexibility index (Phi) is 1.38. The minimum Gasteiger partial charge on any atom is -0.329 e. The van der Waals surface area contributed by atoms with Crippen molar-refractivity contribution in [3.8, 4) is 0 Å². The van der Waals surface area contributed by atoms with Gasteiger partial charge in [0, 0.05) is 12.1 Å². The number of urea groups is 1. The molecule has 2 aliphatic heterocycles. The van der Waals surface area contributed by atoms with Crippen LogP contribution in [0.1, 0.15) is 17.3 Å². The highest BCUT2D eigenvalue weighted by molar-refractivity contribution is 5.78. The zero-order valence-corrected chi connectivity index (χ0v) is 7.60. The molecule has 2 aliphatic rings. The summed E-state index contributed by atoms with van der Waals surface area (Å²) in [5.41, 5.74) is 7.71. The molecule has 1 unspecified atom stereocenters. The van der Waals surface area contributed by atoms with Gasteiger partial charge in [-0.2, -0.15) is 5.10 Å². The average Bonchev–Trinajstić information content (AvgIpc) is 2.71. The third kappa shape index (κ3) is 0.832. The lowest BCUT2D eigenvalue weighted by Gasteiger charge is -2.21. The fourth-order valence-corrected chi connectivity index (χ4v) is 2.13. The van der Waals surface area contributed by atoms with Gasteiger partial charge in [-0.15, -0.1) is 0 Å². The summed E-state index contributed by atoms with van der Waals surface area (Å²) in [6.45, 7) is 1.74. The minimum absolute atomic E-state index is 0.00905. The molecule has 3 heterocycles. The van der Waals surface area contributed by atoms with E-state index in [-0.39, 0.29) is 12.1 Å². The molecule has 0 saturated carbocycles. The number of hydrogen-bond donors (Lipinski definition) is 2. The van der Waals surface area contributed by atoms with Crippen LogP contribution >= 0.6 is 0 Å². The Morgan fingerprint density at radius 1 is 1.71 bits per heavy atom. The van der Waals surface area contributed by atoms with Crippen LogP contribution in [-0.4, -0.2) is 27.3 Å². The van der Waals surface area contributed by atoms with Crippen LogP contribution in [0.25, 0.3) is 0 Å². The first-order chi connectivity index (χ1) is 6.79. The number of rotatable bonds is 1. The topological polar surface area (TPSA) is 76.2 Å².